The van der Waals surface area contributed by atoms with Gasteiger partial charge in [-0.15, -0.1) is 0 Å². The molecule has 1 N–H and O–H groups in total. The van der Waals surface area contributed by atoms with E-state index in [0.29, 0.717) is 11.3 Å². The molecule has 1 aromatic rings. The van der Waals surface area contributed by atoms with E-state index in [4.69, 9.17) is 5.11 Å². The molecule has 0 saturated heterocycles. The number of hydrogen-bond donors (Lipinski definition) is 1. The first-order chi connectivity index (χ1) is 8.58. The molecule has 0 fully saturated rings. The Morgan fingerprint density at radius 3 is 2.11 bits per heavy atom. The number of benzene rings is 1. The summed E-state index contributed by atoms with van der Waals surface area (Å²) in [4.78, 5) is 34.2. The Kier molecular flexibility index (Phi) is 3.05. The summed E-state index contributed by atoms with van der Waals surface area (Å²) < 4.78 is 0. The second kappa shape index (κ2) is 4.67. The lowest BCUT2D eigenvalue weighted by atomic mass is 10.2. The van der Waals surface area contributed by atoms with Crippen molar-refractivity contribution in [3.63, 3.8) is 0 Å². The van der Waals surface area contributed by atoms with Gasteiger partial charge >= 0.3 is 5.97 Å². The van der Waals surface area contributed by atoms with Crippen molar-refractivity contribution in [2.45, 2.75) is 0 Å². The van der Waals surface area contributed by atoms with Gasteiger partial charge in [-0.25, -0.2) is 9.69 Å². The molecule has 18 heavy (non-hydrogen) atoms. The van der Waals surface area contributed by atoms with Crippen LogP contribution in [0.25, 0.3) is 6.08 Å². The van der Waals surface area contributed by atoms with Crippen LogP contribution in [0.2, 0.25) is 0 Å². The van der Waals surface area contributed by atoms with Gasteiger partial charge in [0.25, 0.3) is 11.8 Å². The van der Waals surface area contributed by atoms with Crippen LogP contribution in [0.1, 0.15) is 5.56 Å². The third-order valence-corrected chi connectivity index (χ3v) is 2.38. The highest BCUT2D eigenvalue weighted by atomic mass is 16.4. The quantitative estimate of drug-likeness (QED) is 0.639. The molecular formula is C13H9NO4. The number of amides is 2. The van der Waals surface area contributed by atoms with Gasteiger partial charge in [-0.2, -0.15) is 0 Å². The van der Waals surface area contributed by atoms with Crippen molar-refractivity contribution < 1.29 is 19.5 Å². The standard InChI is InChI=1S/C13H9NO4/c15-11-6-7-12(16)14(11)10-4-1-9(2-5-10)3-8-13(17)18/h1-8H,(H,17,18)/b8-3-. The van der Waals surface area contributed by atoms with Crippen molar-refractivity contribution in [3.05, 3.63) is 48.1 Å². The number of anilines is 1. The van der Waals surface area contributed by atoms with Crippen LogP contribution < -0.4 is 4.90 Å². The van der Waals surface area contributed by atoms with E-state index in [-0.39, 0.29) is 11.8 Å². The van der Waals surface area contributed by atoms with Gasteiger partial charge in [0.15, 0.2) is 0 Å². The maximum atomic E-state index is 11.4. The molecule has 2 amide bonds. The molecule has 0 saturated carbocycles. The molecule has 0 radical (unpaired) electrons. The third kappa shape index (κ3) is 2.35. The van der Waals surface area contributed by atoms with Gasteiger partial charge in [-0.3, -0.25) is 9.59 Å². The van der Waals surface area contributed by atoms with Gasteiger partial charge in [0.05, 0.1) is 5.69 Å². The summed E-state index contributed by atoms with van der Waals surface area (Å²) in [5, 5.41) is 8.48. The Morgan fingerprint density at radius 1 is 1.06 bits per heavy atom. The predicted molar refractivity (Wildman–Crippen MR) is 64.7 cm³/mol. The summed E-state index contributed by atoms with van der Waals surface area (Å²) >= 11 is 0. The first-order valence-corrected chi connectivity index (χ1v) is 5.15. The summed E-state index contributed by atoms with van der Waals surface area (Å²) in [6.07, 6.45) is 4.86. The van der Waals surface area contributed by atoms with Crippen molar-refractivity contribution >= 4 is 29.5 Å². The number of hydrogen-bond acceptors (Lipinski definition) is 3. The number of carbonyl (C=O) groups is 3. The number of nitrogens with zero attached hydrogens (tertiary/aromatic N) is 1. The molecule has 5 nitrogen and oxygen atoms in total. The molecule has 0 aliphatic carbocycles. The maximum Gasteiger partial charge on any atom is 0.328 e. The zero-order chi connectivity index (χ0) is 13.1. The Labute approximate surface area is 103 Å². The van der Waals surface area contributed by atoms with Crippen LogP contribution in [0.5, 0.6) is 0 Å². The minimum absolute atomic E-state index is 0.381. The highest BCUT2D eigenvalue weighted by molar-refractivity contribution is 6.28. The van der Waals surface area contributed by atoms with Crippen LogP contribution in [-0.4, -0.2) is 22.9 Å². The average Bonchev–Trinajstić information content (AvgIpc) is 2.67. The van der Waals surface area contributed by atoms with Gasteiger partial charge in [0.2, 0.25) is 0 Å². The normalized spacial score (nSPS) is 14.8. The van der Waals surface area contributed by atoms with Crippen LogP contribution in [0.3, 0.4) is 0 Å². The fourth-order valence-electron chi connectivity index (χ4n) is 1.56. The van der Waals surface area contributed by atoms with Gasteiger partial charge in [0, 0.05) is 18.2 Å². The number of aliphatic carboxylic acids is 1. The molecule has 0 atom stereocenters. The van der Waals surface area contributed by atoms with Crippen LogP contribution in [0.15, 0.2) is 42.5 Å². The van der Waals surface area contributed by atoms with Gasteiger partial charge in [0.1, 0.15) is 0 Å². The third-order valence-electron chi connectivity index (χ3n) is 2.38. The van der Waals surface area contributed by atoms with Crippen LogP contribution in [0.4, 0.5) is 5.69 Å². The lowest BCUT2D eigenvalue weighted by molar-refractivity contribution is -0.131. The predicted octanol–water partition coefficient (Wildman–Crippen LogP) is 1.21. The number of rotatable bonds is 3. The first kappa shape index (κ1) is 11.8. The van der Waals surface area contributed by atoms with E-state index >= 15 is 0 Å². The molecule has 1 heterocycles. The molecule has 0 bridgehead atoms. The average molecular weight is 243 g/mol. The Morgan fingerprint density at radius 2 is 1.61 bits per heavy atom. The highest BCUT2D eigenvalue weighted by Gasteiger charge is 2.24. The lowest BCUT2D eigenvalue weighted by Crippen LogP contribution is -2.29. The summed E-state index contributed by atoms with van der Waals surface area (Å²) in [7, 11) is 0. The molecule has 0 aromatic heterocycles. The molecule has 1 aliphatic rings. The topological polar surface area (TPSA) is 74.7 Å². The monoisotopic (exact) mass is 243 g/mol. The number of carboxylic acids is 1. The van der Waals surface area contributed by atoms with E-state index in [9.17, 15) is 14.4 Å². The van der Waals surface area contributed by atoms with Gasteiger partial charge in [-0.05, 0) is 23.8 Å². The van der Waals surface area contributed by atoms with Crippen LogP contribution in [-0.2, 0) is 14.4 Å². The van der Waals surface area contributed by atoms with Crippen molar-refractivity contribution in [1.29, 1.82) is 0 Å². The smallest absolute Gasteiger partial charge is 0.328 e. The zero-order valence-corrected chi connectivity index (χ0v) is 9.24. The van der Waals surface area contributed by atoms with E-state index in [1.807, 2.05) is 0 Å². The molecular weight excluding hydrogens is 234 g/mol. The summed E-state index contributed by atoms with van der Waals surface area (Å²) in [5.74, 6) is -1.80. The second-order valence-corrected chi connectivity index (χ2v) is 3.61. The number of imide groups is 1. The molecule has 0 spiro atoms. The molecule has 0 unspecified atom stereocenters. The Bertz CT molecular complexity index is 551. The summed E-state index contributed by atoms with van der Waals surface area (Å²) in [5.41, 5.74) is 1.13. The van der Waals surface area contributed by atoms with E-state index in [0.717, 1.165) is 11.0 Å². The summed E-state index contributed by atoms with van der Waals surface area (Å²) in [6, 6.07) is 6.44. The minimum atomic E-state index is -1.03. The van der Waals surface area contributed by atoms with Crippen molar-refractivity contribution in [2.24, 2.45) is 0 Å². The maximum absolute atomic E-state index is 11.4. The van der Waals surface area contributed by atoms with Gasteiger partial charge in [-0.1, -0.05) is 12.1 Å². The second-order valence-electron chi connectivity index (χ2n) is 3.61. The largest absolute Gasteiger partial charge is 0.478 e. The Hall–Kier alpha value is -2.69. The van der Waals surface area contributed by atoms with E-state index in [1.165, 1.54) is 18.2 Å². The number of carboxylic acid groups (broad SMARTS) is 1. The van der Waals surface area contributed by atoms with E-state index in [1.54, 1.807) is 24.3 Å². The fraction of sp³-hybridized carbons (Fsp3) is 0. The molecule has 1 aliphatic heterocycles. The van der Waals surface area contributed by atoms with Crippen LogP contribution >= 0.6 is 0 Å². The van der Waals surface area contributed by atoms with Crippen molar-refractivity contribution in [1.82, 2.24) is 0 Å². The molecule has 90 valence electrons. The minimum Gasteiger partial charge on any atom is -0.478 e. The zero-order valence-electron chi connectivity index (χ0n) is 9.24. The Balaban J connectivity index is 2.20. The molecule has 5 heteroatoms. The molecule has 2 rings (SSSR count). The highest BCUT2D eigenvalue weighted by Crippen LogP contribution is 2.19. The fourth-order valence-corrected chi connectivity index (χ4v) is 1.56. The SMILES string of the molecule is O=C(O)/C=C\c1ccc(N2C(=O)C=CC2=O)cc1. The first-order valence-electron chi connectivity index (χ1n) is 5.15. The number of carbonyl (C=O) groups excluding carboxylic acids is 2. The summed E-state index contributed by atoms with van der Waals surface area (Å²) in [6.45, 7) is 0. The van der Waals surface area contributed by atoms with Gasteiger partial charge < -0.3 is 5.11 Å². The van der Waals surface area contributed by atoms with Crippen molar-refractivity contribution in [3.8, 4) is 0 Å². The molecule has 1 aromatic carbocycles. The van der Waals surface area contributed by atoms with Crippen LogP contribution in [0, 0.1) is 0 Å². The lowest BCUT2D eigenvalue weighted by Gasteiger charge is -2.13. The van der Waals surface area contributed by atoms with E-state index < -0.39 is 5.97 Å². The van der Waals surface area contributed by atoms with Crippen molar-refractivity contribution in [2.75, 3.05) is 4.90 Å². The van der Waals surface area contributed by atoms with E-state index in [2.05, 4.69) is 0 Å².